The van der Waals surface area contributed by atoms with Crippen LogP contribution in [0.2, 0.25) is 0 Å². The third kappa shape index (κ3) is 7.22. The van der Waals surface area contributed by atoms with E-state index in [0.29, 0.717) is 12.2 Å². The van der Waals surface area contributed by atoms with Crippen molar-refractivity contribution >= 4 is 46.4 Å². The van der Waals surface area contributed by atoms with Crippen molar-refractivity contribution in [3.8, 4) is 0 Å². The molecule has 190 valence electrons. The number of amides is 3. The lowest BCUT2D eigenvalue weighted by Gasteiger charge is -2.24. The number of aromatic nitrogens is 1. The van der Waals surface area contributed by atoms with E-state index < -0.39 is 35.9 Å². The van der Waals surface area contributed by atoms with Crippen LogP contribution in [0.25, 0.3) is 10.9 Å². The van der Waals surface area contributed by atoms with E-state index in [0.717, 1.165) is 29.4 Å². The predicted octanol–water partition coefficient (Wildman–Crippen LogP) is 0.774. The van der Waals surface area contributed by atoms with E-state index in [1.807, 2.05) is 30.5 Å². The highest BCUT2D eigenvalue weighted by atomic mass is 32.2. The Bertz CT molecular complexity index is 1050. The predicted molar refractivity (Wildman–Crippen MR) is 135 cm³/mol. The lowest BCUT2D eigenvalue weighted by Crippen LogP contribution is -2.56. The number of benzene rings is 1. The highest BCUT2D eigenvalue weighted by molar-refractivity contribution is 7.98. The molecule has 1 saturated heterocycles. The van der Waals surface area contributed by atoms with Gasteiger partial charge in [-0.1, -0.05) is 18.2 Å². The Morgan fingerprint density at radius 3 is 2.54 bits per heavy atom. The lowest BCUT2D eigenvalue weighted by atomic mass is 10.0. The molecule has 4 unspecified atom stereocenters. The molecule has 0 radical (unpaired) electrons. The summed E-state index contributed by atoms with van der Waals surface area (Å²) in [5, 5.41) is 21.5. The Morgan fingerprint density at radius 1 is 1.11 bits per heavy atom. The molecule has 0 bridgehead atoms. The number of aliphatic carboxylic acids is 1. The second kappa shape index (κ2) is 12.6. The molecule has 0 aliphatic carbocycles. The maximum absolute atomic E-state index is 13.2. The summed E-state index contributed by atoms with van der Waals surface area (Å²) in [7, 11) is 0. The SMILES string of the molecule is CSCCC(NC(=O)C(Cc1c[nH]c2ccccc12)NC(=O)C(C)NC(=O)C1CCCN1)C(=O)O. The summed E-state index contributed by atoms with van der Waals surface area (Å²) in [4.78, 5) is 53.3. The topological polar surface area (TPSA) is 152 Å². The summed E-state index contributed by atoms with van der Waals surface area (Å²) < 4.78 is 0. The van der Waals surface area contributed by atoms with Gasteiger partial charge in [0.1, 0.15) is 18.1 Å². The molecule has 2 heterocycles. The number of rotatable bonds is 12. The average molecular weight is 504 g/mol. The minimum absolute atomic E-state index is 0.154. The van der Waals surface area contributed by atoms with Gasteiger partial charge in [0.15, 0.2) is 0 Å². The number of carboxylic acids is 1. The molecule has 1 aliphatic rings. The molecular formula is C24H33N5O5S. The number of carboxylic acid groups (broad SMARTS) is 1. The Hall–Kier alpha value is -3.05. The number of fused-ring (bicyclic) bond motifs is 1. The van der Waals surface area contributed by atoms with Crippen LogP contribution in [-0.2, 0) is 25.6 Å². The van der Waals surface area contributed by atoms with Gasteiger partial charge >= 0.3 is 5.97 Å². The summed E-state index contributed by atoms with van der Waals surface area (Å²) in [6.07, 6.45) is 5.65. The van der Waals surface area contributed by atoms with E-state index in [1.54, 1.807) is 13.1 Å². The fourth-order valence-electron chi connectivity index (χ4n) is 4.08. The number of thioether (sulfide) groups is 1. The first kappa shape index (κ1) is 26.6. The number of aromatic amines is 1. The van der Waals surface area contributed by atoms with Crippen LogP contribution in [0.15, 0.2) is 30.5 Å². The first-order chi connectivity index (χ1) is 16.8. The molecule has 1 aromatic heterocycles. The van der Waals surface area contributed by atoms with Crippen LogP contribution in [0.1, 0.15) is 31.7 Å². The number of carbonyl (C=O) groups excluding carboxylic acids is 3. The van der Waals surface area contributed by atoms with Crippen molar-refractivity contribution in [1.82, 2.24) is 26.3 Å². The van der Waals surface area contributed by atoms with Gasteiger partial charge in [0.2, 0.25) is 17.7 Å². The molecule has 11 heteroatoms. The van der Waals surface area contributed by atoms with Gasteiger partial charge in [-0.2, -0.15) is 11.8 Å². The Balaban J connectivity index is 1.74. The van der Waals surface area contributed by atoms with Crippen LogP contribution in [-0.4, -0.2) is 76.5 Å². The smallest absolute Gasteiger partial charge is 0.326 e. The number of H-pyrrole nitrogens is 1. The maximum atomic E-state index is 13.2. The molecule has 0 spiro atoms. The van der Waals surface area contributed by atoms with Crippen LogP contribution >= 0.6 is 11.8 Å². The van der Waals surface area contributed by atoms with E-state index in [2.05, 4.69) is 26.3 Å². The molecule has 0 saturated carbocycles. The van der Waals surface area contributed by atoms with Gasteiger partial charge in [-0.25, -0.2) is 4.79 Å². The van der Waals surface area contributed by atoms with Crippen LogP contribution in [0.5, 0.6) is 0 Å². The molecule has 1 aromatic carbocycles. The molecule has 6 N–H and O–H groups in total. The monoisotopic (exact) mass is 503 g/mol. The standard InChI is InChI=1S/C24H33N5O5S/c1-14(27-22(31)18-8-5-10-25-18)21(30)29-20(23(32)28-19(24(33)34)9-11-35-2)12-15-13-26-17-7-4-3-6-16(15)17/h3-4,6-7,13-14,18-20,25-26H,5,8-12H2,1-2H3,(H,27,31)(H,28,32)(H,29,30)(H,33,34). The van der Waals surface area contributed by atoms with E-state index >= 15 is 0 Å². The molecule has 3 rings (SSSR count). The van der Waals surface area contributed by atoms with Crippen molar-refractivity contribution in [3.05, 3.63) is 36.0 Å². The van der Waals surface area contributed by atoms with Crippen LogP contribution < -0.4 is 21.3 Å². The number of nitrogens with one attached hydrogen (secondary N) is 5. The molecule has 3 amide bonds. The molecule has 1 fully saturated rings. The minimum atomic E-state index is -1.13. The molecule has 35 heavy (non-hydrogen) atoms. The van der Waals surface area contributed by atoms with Gasteiger partial charge in [-0.05, 0) is 56.4 Å². The van der Waals surface area contributed by atoms with E-state index in [9.17, 15) is 24.3 Å². The zero-order valence-electron chi connectivity index (χ0n) is 19.9. The van der Waals surface area contributed by atoms with Gasteiger partial charge in [0, 0.05) is 23.5 Å². The highest BCUT2D eigenvalue weighted by Gasteiger charge is 2.30. The van der Waals surface area contributed by atoms with Crippen molar-refractivity contribution in [3.63, 3.8) is 0 Å². The maximum Gasteiger partial charge on any atom is 0.326 e. The van der Waals surface area contributed by atoms with Gasteiger partial charge in [-0.3, -0.25) is 14.4 Å². The number of para-hydroxylation sites is 1. The largest absolute Gasteiger partial charge is 0.480 e. The van der Waals surface area contributed by atoms with E-state index in [1.165, 1.54) is 11.8 Å². The number of hydrogen-bond donors (Lipinski definition) is 6. The van der Waals surface area contributed by atoms with Crippen molar-refractivity contribution in [1.29, 1.82) is 0 Å². The van der Waals surface area contributed by atoms with Gasteiger partial charge in [0.05, 0.1) is 6.04 Å². The zero-order chi connectivity index (χ0) is 25.4. The molecule has 2 aromatic rings. The van der Waals surface area contributed by atoms with Crippen molar-refractivity contribution < 1.29 is 24.3 Å². The van der Waals surface area contributed by atoms with Crippen LogP contribution in [0.3, 0.4) is 0 Å². The summed E-state index contributed by atoms with van der Waals surface area (Å²) >= 11 is 1.48. The van der Waals surface area contributed by atoms with Crippen molar-refractivity contribution in [2.45, 2.75) is 56.8 Å². The summed E-state index contributed by atoms with van der Waals surface area (Å²) in [6.45, 7) is 2.31. The molecule has 4 atom stereocenters. The molecule has 10 nitrogen and oxygen atoms in total. The third-order valence-electron chi connectivity index (χ3n) is 6.09. The molecular weight excluding hydrogens is 470 g/mol. The Kier molecular flexibility index (Phi) is 9.55. The lowest BCUT2D eigenvalue weighted by molar-refractivity contribution is -0.142. The third-order valence-corrected chi connectivity index (χ3v) is 6.73. The number of carbonyl (C=O) groups is 4. The van der Waals surface area contributed by atoms with Crippen molar-refractivity contribution in [2.75, 3.05) is 18.6 Å². The fraction of sp³-hybridized carbons (Fsp3) is 0.500. The normalized spacial score (nSPS) is 17.9. The minimum Gasteiger partial charge on any atom is -0.480 e. The highest BCUT2D eigenvalue weighted by Crippen LogP contribution is 2.19. The second-order valence-electron chi connectivity index (χ2n) is 8.68. The first-order valence-electron chi connectivity index (χ1n) is 11.7. The Labute approximate surface area is 208 Å². The van der Waals surface area contributed by atoms with Gasteiger partial charge < -0.3 is 31.4 Å². The average Bonchev–Trinajstić information content (AvgIpc) is 3.51. The van der Waals surface area contributed by atoms with E-state index in [4.69, 9.17) is 0 Å². The zero-order valence-corrected chi connectivity index (χ0v) is 20.7. The second-order valence-corrected chi connectivity index (χ2v) is 9.67. The van der Waals surface area contributed by atoms with Gasteiger partial charge in [0.25, 0.3) is 0 Å². The first-order valence-corrected chi connectivity index (χ1v) is 13.1. The summed E-state index contributed by atoms with van der Waals surface area (Å²) in [5.41, 5.74) is 1.70. The van der Waals surface area contributed by atoms with Crippen LogP contribution in [0.4, 0.5) is 0 Å². The fourth-order valence-corrected chi connectivity index (χ4v) is 4.55. The summed E-state index contributed by atoms with van der Waals surface area (Å²) in [5.74, 6) is -1.94. The number of hydrogen-bond acceptors (Lipinski definition) is 6. The quantitative estimate of drug-likeness (QED) is 0.250. The van der Waals surface area contributed by atoms with Crippen molar-refractivity contribution in [2.24, 2.45) is 0 Å². The van der Waals surface area contributed by atoms with E-state index in [-0.39, 0.29) is 24.8 Å². The van der Waals surface area contributed by atoms with Crippen LogP contribution in [0, 0.1) is 0 Å². The molecule has 1 aliphatic heterocycles. The van der Waals surface area contributed by atoms with Gasteiger partial charge in [-0.15, -0.1) is 0 Å². The summed E-state index contributed by atoms with van der Waals surface area (Å²) in [6, 6.07) is 4.30. The Morgan fingerprint density at radius 2 is 1.86 bits per heavy atom.